The molecule has 1 aliphatic rings. The van der Waals surface area contributed by atoms with Gasteiger partial charge in [-0.3, -0.25) is 4.68 Å². The lowest BCUT2D eigenvalue weighted by Crippen LogP contribution is -2.34. The third kappa shape index (κ3) is 4.05. The van der Waals surface area contributed by atoms with Crippen molar-refractivity contribution in [2.24, 2.45) is 17.8 Å². The van der Waals surface area contributed by atoms with E-state index in [2.05, 4.69) is 40.9 Å². The first kappa shape index (κ1) is 15.5. The molecule has 0 spiro atoms. The van der Waals surface area contributed by atoms with E-state index in [9.17, 15) is 0 Å². The molecule has 0 aromatic carbocycles. The van der Waals surface area contributed by atoms with Crippen molar-refractivity contribution in [2.75, 3.05) is 13.1 Å². The van der Waals surface area contributed by atoms with Crippen LogP contribution in [0.15, 0.2) is 6.33 Å². The lowest BCUT2D eigenvalue weighted by Gasteiger charge is -2.35. The van der Waals surface area contributed by atoms with Crippen LogP contribution in [-0.4, -0.2) is 27.9 Å². The van der Waals surface area contributed by atoms with E-state index in [1.165, 1.54) is 38.1 Å². The molecule has 3 unspecified atom stereocenters. The Morgan fingerprint density at radius 2 is 2.15 bits per heavy atom. The molecule has 20 heavy (non-hydrogen) atoms. The first-order valence-corrected chi connectivity index (χ1v) is 8.31. The zero-order valence-electron chi connectivity index (χ0n) is 13.3. The van der Waals surface area contributed by atoms with Crippen LogP contribution in [0.25, 0.3) is 0 Å². The SMILES string of the molecule is CCCNCC1CCC(C)CC1Cc1ncnn1CC. The molecule has 1 fully saturated rings. The van der Waals surface area contributed by atoms with Gasteiger partial charge in [-0.2, -0.15) is 5.10 Å². The second-order valence-corrected chi connectivity index (χ2v) is 6.34. The molecule has 4 nitrogen and oxygen atoms in total. The van der Waals surface area contributed by atoms with Gasteiger partial charge in [0, 0.05) is 13.0 Å². The van der Waals surface area contributed by atoms with Crippen LogP contribution < -0.4 is 5.32 Å². The normalized spacial score (nSPS) is 26.9. The van der Waals surface area contributed by atoms with Gasteiger partial charge in [0.2, 0.25) is 0 Å². The molecule has 4 heteroatoms. The minimum atomic E-state index is 0.762. The van der Waals surface area contributed by atoms with Crippen LogP contribution in [0.4, 0.5) is 0 Å². The number of rotatable bonds is 7. The van der Waals surface area contributed by atoms with Crippen LogP contribution in [0, 0.1) is 17.8 Å². The van der Waals surface area contributed by atoms with Gasteiger partial charge >= 0.3 is 0 Å². The van der Waals surface area contributed by atoms with Gasteiger partial charge in [0.25, 0.3) is 0 Å². The van der Waals surface area contributed by atoms with Crippen LogP contribution in [0.3, 0.4) is 0 Å². The molecular weight excluding hydrogens is 248 g/mol. The summed E-state index contributed by atoms with van der Waals surface area (Å²) in [5.74, 6) is 3.60. The maximum Gasteiger partial charge on any atom is 0.138 e. The summed E-state index contributed by atoms with van der Waals surface area (Å²) in [4.78, 5) is 4.47. The van der Waals surface area contributed by atoms with E-state index in [1.54, 1.807) is 6.33 Å². The van der Waals surface area contributed by atoms with E-state index in [4.69, 9.17) is 0 Å². The molecule has 114 valence electrons. The molecular formula is C16H30N4. The van der Waals surface area contributed by atoms with E-state index in [0.717, 1.165) is 37.3 Å². The number of nitrogens with one attached hydrogen (secondary N) is 1. The van der Waals surface area contributed by atoms with Crippen LogP contribution in [0.1, 0.15) is 52.3 Å². The molecule has 0 saturated heterocycles. The number of nitrogens with zero attached hydrogens (tertiary/aromatic N) is 3. The summed E-state index contributed by atoms with van der Waals surface area (Å²) in [7, 11) is 0. The highest BCUT2D eigenvalue weighted by Gasteiger charge is 2.29. The summed E-state index contributed by atoms with van der Waals surface area (Å²) in [6.07, 6.45) is 8.11. The fourth-order valence-electron chi connectivity index (χ4n) is 3.49. The molecule has 0 aliphatic heterocycles. The summed E-state index contributed by atoms with van der Waals surface area (Å²) in [5.41, 5.74) is 0. The summed E-state index contributed by atoms with van der Waals surface area (Å²) < 4.78 is 2.05. The van der Waals surface area contributed by atoms with Gasteiger partial charge < -0.3 is 5.32 Å². The highest BCUT2D eigenvalue weighted by molar-refractivity contribution is 4.92. The van der Waals surface area contributed by atoms with Crippen LogP contribution in [-0.2, 0) is 13.0 Å². The van der Waals surface area contributed by atoms with E-state index in [1.807, 2.05) is 0 Å². The monoisotopic (exact) mass is 278 g/mol. The summed E-state index contributed by atoms with van der Waals surface area (Å²) in [6, 6.07) is 0. The summed E-state index contributed by atoms with van der Waals surface area (Å²) in [6.45, 7) is 10.0. The van der Waals surface area contributed by atoms with Gasteiger partial charge in [0.05, 0.1) is 0 Å². The average molecular weight is 278 g/mol. The van der Waals surface area contributed by atoms with Crippen molar-refractivity contribution in [2.45, 2.75) is 59.4 Å². The molecule has 0 amide bonds. The van der Waals surface area contributed by atoms with Gasteiger partial charge in [0.1, 0.15) is 12.2 Å². The Morgan fingerprint density at radius 1 is 1.30 bits per heavy atom. The van der Waals surface area contributed by atoms with E-state index < -0.39 is 0 Å². The Labute approximate surface area is 123 Å². The van der Waals surface area contributed by atoms with Gasteiger partial charge in [0.15, 0.2) is 0 Å². The molecule has 1 aromatic rings. The fourth-order valence-corrected chi connectivity index (χ4v) is 3.49. The van der Waals surface area contributed by atoms with E-state index in [-0.39, 0.29) is 0 Å². The van der Waals surface area contributed by atoms with Crippen molar-refractivity contribution >= 4 is 0 Å². The molecule has 0 bridgehead atoms. The second-order valence-electron chi connectivity index (χ2n) is 6.34. The van der Waals surface area contributed by atoms with Crippen molar-refractivity contribution in [3.63, 3.8) is 0 Å². The van der Waals surface area contributed by atoms with Gasteiger partial charge in [-0.1, -0.05) is 20.3 Å². The van der Waals surface area contributed by atoms with Crippen molar-refractivity contribution in [3.8, 4) is 0 Å². The molecule has 1 N–H and O–H groups in total. The Morgan fingerprint density at radius 3 is 2.90 bits per heavy atom. The molecule has 3 atom stereocenters. The average Bonchev–Trinajstić information content (AvgIpc) is 2.88. The predicted molar refractivity (Wildman–Crippen MR) is 82.6 cm³/mol. The first-order valence-electron chi connectivity index (χ1n) is 8.31. The Bertz CT molecular complexity index is 388. The number of hydrogen-bond acceptors (Lipinski definition) is 3. The Hall–Kier alpha value is -0.900. The summed E-state index contributed by atoms with van der Waals surface area (Å²) in [5, 5.41) is 7.92. The van der Waals surface area contributed by atoms with E-state index >= 15 is 0 Å². The highest BCUT2D eigenvalue weighted by atomic mass is 15.3. The topological polar surface area (TPSA) is 42.7 Å². The quantitative estimate of drug-likeness (QED) is 0.780. The highest BCUT2D eigenvalue weighted by Crippen LogP contribution is 2.35. The summed E-state index contributed by atoms with van der Waals surface area (Å²) >= 11 is 0. The van der Waals surface area contributed by atoms with Crippen LogP contribution >= 0.6 is 0 Å². The predicted octanol–water partition coefficient (Wildman–Crippen LogP) is 2.89. The Kier molecular flexibility index (Phi) is 6.02. The number of aryl methyl sites for hydroxylation is 1. The third-order valence-corrected chi connectivity index (χ3v) is 4.68. The molecule has 1 aromatic heterocycles. The van der Waals surface area contributed by atoms with Crippen LogP contribution in [0.2, 0.25) is 0 Å². The standard InChI is InChI=1S/C16H30N4/c1-4-8-17-11-14-7-6-13(3)9-15(14)10-16-18-12-19-20(16)5-2/h12-15,17H,4-11H2,1-3H3. The molecule has 1 saturated carbocycles. The van der Waals surface area contributed by atoms with Gasteiger partial charge in [-0.05, 0) is 57.0 Å². The molecule has 1 aliphatic carbocycles. The number of hydrogen-bond donors (Lipinski definition) is 1. The maximum atomic E-state index is 4.47. The van der Waals surface area contributed by atoms with Crippen molar-refractivity contribution in [1.29, 1.82) is 0 Å². The molecule has 1 heterocycles. The molecule has 2 rings (SSSR count). The largest absolute Gasteiger partial charge is 0.316 e. The van der Waals surface area contributed by atoms with E-state index in [0.29, 0.717) is 0 Å². The van der Waals surface area contributed by atoms with Gasteiger partial charge in [-0.25, -0.2) is 4.98 Å². The number of aromatic nitrogens is 3. The van der Waals surface area contributed by atoms with Crippen molar-refractivity contribution < 1.29 is 0 Å². The zero-order valence-corrected chi connectivity index (χ0v) is 13.3. The minimum Gasteiger partial charge on any atom is -0.316 e. The second kappa shape index (κ2) is 7.77. The maximum absolute atomic E-state index is 4.47. The van der Waals surface area contributed by atoms with Gasteiger partial charge in [-0.15, -0.1) is 0 Å². The lowest BCUT2D eigenvalue weighted by atomic mass is 9.73. The minimum absolute atomic E-state index is 0.762. The Balaban J connectivity index is 1.96. The van der Waals surface area contributed by atoms with Crippen LogP contribution in [0.5, 0.6) is 0 Å². The van der Waals surface area contributed by atoms with Crippen molar-refractivity contribution in [3.05, 3.63) is 12.2 Å². The van der Waals surface area contributed by atoms with Crippen molar-refractivity contribution in [1.82, 2.24) is 20.1 Å². The lowest BCUT2D eigenvalue weighted by molar-refractivity contribution is 0.180. The smallest absolute Gasteiger partial charge is 0.138 e. The first-order chi connectivity index (χ1) is 9.74. The zero-order chi connectivity index (χ0) is 14.4. The third-order valence-electron chi connectivity index (χ3n) is 4.68. The fraction of sp³-hybridized carbons (Fsp3) is 0.875. The molecule has 0 radical (unpaired) electrons.